The molecule has 1 amide bonds. The zero-order valence-electron chi connectivity index (χ0n) is 35.3. The molecule has 5 aromatic rings. The van der Waals surface area contributed by atoms with E-state index in [0.29, 0.717) is 67.2 Å². The van der Waals surface area contributed by atoms with Crippen molar-refractivity contribution >= 4 is 35.5 Å². The number of ether oxygens (including phenoxy) is 1. The molecule has 5 aromatic carbocycles. The molecule has 0 radical (unpaired) electrons. The standard InChI is InChI=1S/C52H56N4O6/c1-53-50-46(16-9-31-57)45(21-22-47(50)58)48(59)33-54-27-23-37-17-19-41(20-18-37)51(60)56-30-26-44(35-56)42-14-8-15-43(32-42)49(40-12-6-3-7-13-40)52(61)62-36-39-24-28-55(29-25-39)34-38-10-4-2-5-11-38/h2-22,26,31-32,39,48-49,53-54,58-59H,23-25,27-30,33-36H2,1H3/b16-9-. The summed E-state index contributed by atoms with van der Waals surface area (Å²) in [6, 6.07) is 39.2. The summed E-state index contributed by atoms with van der Waals surface area (Å²) >= 11 is 0. The van der Waals surface area contributed by atoms with Gasteiger partial charge in [0.1, 0.15) is 18.0 Å². The van der Waals surface area contributed by atoms with Crippen molar-refractivity contribution in [2.24, 2.45) is 5.92 Å². The molecule has 2 aliphatic rings. The summed E-state index contributed by atoms with van der Waals surface area (Å²) in [6.07, 6.45) is 7.44. The van der Waals surface area contributed by atoms with Crippen LogP contribution in [0.15, 0.2) is 133 Å². The number of piperidine rings is 1. The second kappa shape index (κ2) is 21.5. The van der Waals surface area contributed by atoms with Gasteiger partial charge in [0.25, 0.3) is 5.91 Å². The minimum Gasteiger partial charge on any atom is -0.506 e. The summed E-state index contributed by atoms with van der Waals surface area (Å²) in [5.74, 6) is -0.501. The Balaban J connectivity index is 0.909. The van der Waals surface area contributed by atoms with E-state index in [1.54, 1.807) is 19.2 Å². The van der Waals surface area contributed by atoms with E-state index in [-0.39, 0.29) is 24.2 Å². The van der Waals surface area contributed by atoms with E-state index in [1.807, 2.05) is 83.8 Å². The minimum absolute atomic E-state index is 0.0281. The van der Waals surface area contributed by atoms with Crippen LogP contribution in [0.4, 0.5) is 5.69 Å². The summed E-state index contributed by atoms with van der Waals surface area (Å²) < 4.78 is 6.10. The molecule has 10 heteroatoms. The van der Waals surface area contributed by atoms with Gasteiger partial charge in [-0.05, 0) is 114 Å². The number of aliphatic hydroxyl groups excluding tert-OH is 1. The summed E-state index contributed by atoms with van der Waals surface area (Å²) in [6.45, 7) is 5.14. The van der Waals surface area contributed by atoms with Crippen LogP contribution in [0.2, 0.25) is 0 Å². The average molecular weight is 833 g/mol. The van der Waals surface area contributed by atoms with Gasteiger partial charge in [-0.3, -0.25) is 19.3 Å². The van der Waals surface area contributed by atoms with E-state index < -0.39 is 12.0 Å². The predicted octanol–water partition coefficient (Wildman–Crippen LogP) is 7.64. The molecule has 62 heavy (non-hydrogen) atoms. The SMILES string of the molecule is CNc1c(O)ccc(C(O)CNCCc2ccc(C(=O)N3CC=C(c4cccc(C(C(=O)OCC5CCN(Cc6ccccc6)CC5)c5ccccc5)c4)C3)cc2)c1/C=C\C=O. The van der Waals surface area contributed by atoms with Gasteiger partial charge in [0, 0.05) is 44.4 Å². The van der Waals surface area contributed by atoms with Crippen LogP contribution in [0.3, 0.4) is 0 Å². The Labute approximate surface area is 364 Å². The first-order valence-corrected chi connectivity index (χ1v) is 21.5. The van der Waals surface area contributed by atoms with Crippen molar-refractivity contribution in [3.05, 3.63) is 178 Å². The number of aliphatic hydroxyl groups is 1. The van der Waals surface area contributed by atoms with Crippen molar-refractivity contribution in [1.82, 2.24) is 15.1 Å². The van der Waals surface area contributed by atoms with Crippen LogP contribution in [0.5, 0.6) is 5.75 Å². The van der Waals surface area contributed by atoms with Crippen molar-refractivity contribution in [3.8, 4) is 5.75 Å². The third-order valence-corrected chi connectivity index (χ3v) is 11.9. The fourth-order valence-corrected chi connectivity index (χ4v) is 8.45. The topological polar surface area (TPSA) is 131 Å². The highest BCUT2D eigenvalue weighted by molar-refractivity contribution is 5.96. The Bertz CT molecular complexity index is 2340. The van der Waals surface area contributed by atoms with Crippen LogP contribution >= 0.6 is 0 Å². The average Bonchev–Trinajstić information content (AvgIpc) is 3.81. The fourth-order valence-electron chi connectivity index (χ4n) is 8.45. The van der Waals surface area contributed by atoms with Crippen LogP contribution in [0, 0.1) is 5.92 Å². The Hall–Kier alpha value is -6.33. The number of anilines is 1. The largest absolute Gasteiger partial charge is 0.506 e. The number of amides is 1. The van der Waals surface area contributed by atoms with Crippen LogP contribution in [-0.2, 0) is 27.3 Å². The lowest BCUT2D eigenvalue weighted by Gasteiger charge is -2.32. The molecule has 2 aliphatic heterocycles. The van der Waals surface area contributed by atoms with Crippen molar-refractivity contribution < 1.29 is 29.3 Å². The van der Waals surface area contributed by atoms with Gasteiger partial charge >= 0.3 is 5.97 Å². The molecular formula is C52H56N4O6. The monoisotopic (exact) mass is 832 g/mol. The Kier molecular flexibility index (Phi) is 15.1. The van der Waals surface area contributed by atoms with E-state index in [9.17, 15) is 24.6 Å². The maximum Gasteiger partial charge on any atom is 0.317 e. The quantitative estimate of drug-likeness (QED) is 0.0232. The van der Waals surface area contributed by atoms with E-state index in [2.05, 4.69) is 51.9 Å². The maximum absolute atomic E-state index is 13.9. The van der Waals surface area contributed by atoms with Crippen molar-refractivity contribution in [1.29, 1.82) is 0 Å². The summed E-state index contributed by atoms with van der Waals surface area (Å²) in [7, 11) is 1.67. The first-order chi connectivity index (χ1) is 30.3. The molecule has 1 saturated heterocycles. The van der Waals surface area contributed by atoms with Gasteiger partial charge in [0.2, 0.25) is 0 Å². The first-order valence-electron chi connectivity index (χ1n) is 21.5. The molecule has 1 fully saturated rings. The molecule has 2 heterocycles. The van der Waals surface area contributed by atoms with E-state index in [0.717, 1.165) is 60.3 Å². The van der Waals surface area contributed by atoms with Gasteiger partial charge in [-0.1, -0.05) is 109 Å². The number of rotatable bonds is 18. The van der Waals surface area contributed by atoms with E-state index in [4.69, 9.17) is 4.74 Å². The van der Waals surface area contributed by atoms with Gasteiger partial charge in [-0.2, -0.15) is 0 Å². The van der Waals surface area contributed by atoms with Crippen molar-refractivity contribution in [2.75, 3.05) is 58.2 Å². The zero-order chi connectivity index (χ0) is 43.3. The molecule has 4 N–H and O–H groups in total. The fraction of sp³-hybridized carbons (Fsp3) is 0.288. The lowest BCUT2D eigenvalue weighted by molar-refractivity contribution is -0.146. The summed E-state index contributed by atoms with van der Waals surface area (Å²) in [4.78, 5) is 42.9. The molecule has 0 saturated carbocycles. The van der Waals surface area contributed by atoms with E-state index >= 15 is 0 Å². The third-order valence-electron chi connectivity index (χ3n) is 11.9. The molecule has 0 spiro atoms. The zero-order valence-corrected chi connectivity index (χ0v) is 35.3. The van der Waals surface area contributed by atoms with Crippen LogP contribution < -0.4 is 10.6 Å². The molecule has 7 rings (SSSR count). The molecule has 0 aromatic heterocycles. The molecule has 320 valence electrons. The minimum atomic E-state index is -0.869. The number of nitrogens with one attached hydrogen (secondary N) is 2. The van der Waals surface area contributed by atoms with Gasteiger partial charge in [0.15, 0.2) is 0 Å². The second-order valence-corrected chi connectivity index (χ2v) is 16.1. The van der Waals surface area contributed by atoms with Gasteiger partial charge in [0.05, 0.1) is 18.4 Å². The van der Waals surface area contributed by atoms with Crippen molar-refractivity contribution in [2.45, 2.75) is 37.8 Å². The van der Waals surface area contributed by atoms with Crippen LogP contribution in [0.25, 0.3) is 11.6 Å². The number of aromatic hydroxyl groups is 1. The van der Waals surface area contributed by atoms with Crippen LogP contribution in [0.1, 0.15) is 74.2 Å². The number of allylic oxidation sites excluding steroid dienone is 1. The lowest BCUT2D eigenvalue weighted by Crippen LogP contribution is -2.35. The number of carbonyl (C=O) groups excluding carboxylic acids is 3. The summed E-state index contributed by atoms with van der Waals surface area (Å²) in [5, 5.41) is 27.4. The highest BCUT2D eigenvalue weighted by Crippen LogP contribution is 2.34. The third kappa shape index (κ3) is 11.1. The molecule has 0 aliphatic carbocycles. The first kappa shape index (κ1) is 43.7. The smallest absolute Gasteiger partial charge is 0.317 e. The molecule has 0 bridgehead atoms. The summed E-state index contributed by atoms with van der Waals surface area (Å²) in [5.41, 5.74) is 8.31. The number of phenolic OH excluding ortho intramolecular Hbond substituents is 1. The number of esters is 1. The lowest BCUT2D eigenvalue weighted by atomic mass is 9.89. The predicted molar refractivity (Wildman–Crippen MR) is 245 cm³/mol. The highest BCUT2D eigenvalue weighted by atomic mass is 16.5. The Morgan fingerprint density at radius 2 is 1.60 bits per heavy atom. The molecule has 10 nitrogen and oxygen atoms in total. The normalized spacial score (nSPS) is 15.6. The molecular weight excluding hydrogens is 777 g/mol. The van der Waals surface area contributed by atoms with Crippen LogP contribution in [-0.4, -0.2) is 91.1 Å². The molecule has 2 unspecified atom stereocenters. The van der Waals surface area contributed by atoms with Gasteiger partial charge in [-0.15, -0.1) is 0 Å². The highest BCUT2D eigenvalue weighted by Gasteiger charge is 2.28. The number of phenols is 1. The number of hydrogen-bond donors (Lipinski definition) is 4. The number of aldehydes is 1. The van der Waals surface area contributed by atoms with Gasteiger partial charge in [-0.25, -0.2) is 0 Å². The number of benzene rings is 5. The number of likely N-dealkylation sites (tertiary alicyclic amines) is 1. The van der Waals surface area contributed by atoms with Crippen molar-refractivity contribution in [3.63, 3.8) is 0 Å². The molecule has 2 atom stereocenters. The number of nitrogens with zero attached hydrogens (tertiary/aromatic N) is 2. The Morgan fingerprint density at radius 3 is 2.32 bits per heavy atom. The van der Waals surface area contributed by atoms with Gasteiger partial charge < -0.3 is 30.5 Å². The number of hydrogen-bond acceptors (Lipinski definition) is 9. The van der Waals surface area contributed by atoms with E-state index in [1.165, 1.54) is 17.7 Å². The number of carbonyl (C=O) groups is 3. The Morgan fingerprint density at radius 1 is 0.871 bits per heavy atom. The second-order valence-electron chi connectivity index (χ2n) is 16.1. The maximum atomic E-state index is 13.9.